The molecule has 2 heterocycles. The van der Waals surface area contributed by atoms with E-state index in [1.807, 2.05) is 36.4 Å². The number of furan rings is 1. The minimum Gasteiger partial charge on any atom is -0.451 e. The van der Waals surface area contributed by atoms with Gasteiger partial charge in [-0.1, -0.05) is 34.1 Å². The zero-order chi connectivity index (χ0) is 15.3. The van der Waals surface area contributed by atoms with Gasteiger partial charge in [0, 0.05) is 21.4 Å². The lowest BCUT2D eigenvalue weighted by molar-refractivity contribution is 0.0940. The maximum Gasteiger partial charge on any atom is 0.298 e. The Labute approximate surface area is 134 Å². The molecule has 0 amide bonds. The topological polar surface area (TPSA) is 61.2 Å². The first-order valence-electron chi connectivity index (χ1n) is 6.73. The normalized spacial score (nSPS) is 11.3. The Bertz CT molecular complexity index is 1030. The quantitative estimate of drug-likeness (QED) is 0.514. The Morgan fingerprint density at radius 3 is 2.77 bits per heavy atom. The highest BCUT2D eigenvalue weighted by Gasteiger charge is 2.18. The van der Waals surface area contributed by atoms with Crippen molar-refractivity contribution in [2.45, 2.75) is 0 Å². The fraction of sp³-hybridized carbons (Fsp3) is 0. The lowest BCUT2D eigenvalue weighted by Gasteiger charge is -2.03. The predicted octanol–water partition coefficient (Wildman–Crippen LogP) is 4.42. The van der Waals surface area contributed by atoms with Crippen LogP contribution in [0.4, 0.5) is 5.69 Å². The van der Waals surface area contributed by atoms with Gasteiger partial charge < -0.3 is 10.2 Å². The van der Waals surface area contributed by atoms with Crippen molar-refractivity contribution in [1.82, 2.24) is 4.57 Å². The van der Waals surface area contributed by atoms with Crippen LogP contribution in [0.5, 0.6) is 0 Å². The van der Waals surface area contributed by atoms with E-state index in [0.29, 0.717) is 16.8 Å². The molecule has 0 spiro atoms. The number of halogens is 1. The average Bonchev–Trinajstić information content (AvgIpc) is 3.12. The number of carbonyl (C=O) groups excluding carboxylic acids is 1. The van der Waals surface area contributed by atoms with Crippen molar-refractivity contribution in [2.75, 3.05) is 5.73 Å². The number of carbonyl (C=O) groups is 1. The van der Waals surface area contributed by atoms with Crippen molar-refractivity contribution in [3.63, 3.8) is 0 Å². The van der Waals surface area contributed by atoms with Gasteiger partial charge in [0.15, 0.2) is 5.76 Å². The number of hydrogen-bond donors (Lipinski definition) is 1. The Balaban J connectivity index is 1.90. The van der Waals surface area contributed by atoms with Crippen molar-refractivity contribution in [3.05, 3.63) is 65.0 Å². The van der Waals surface area contributed by atoms with Gasteiger partial charge in [0.25, 0.3) is 5.91 Å². The summed E-state index contributed by atoms with van der Waals surface area (Å²) < 4.78 is 8.10. The number of nitrogens with two attached hydrogens (primary N) is 1. The van der Waals surface area contributed by atoms with Crippen LogP contribution in [-0.4, -0.2) is 10.5 Å². The molecule has 4 rings (SSSR count). The second kappa shape index (κ2) is 4.74. The first kappa shape index (κ1) is 13.2. The third-order valence-corrected chi connectivity index (χ3v) is 4.37. The van der Waals surface area contributed by atoms with Crippen LogP contribution in [0.1, 0.15) is 10.6 Å². The molecule has 0 unspecified atom stereocenters. The summed E-state index contributed by atoms with van der Waals surface area (Å²) in [5.74, 6) is 0.0404. The molecule has 0 atom stereocenters. The summed E-state index contributed by atoms with van der Waals surface area (Å²) in [5.41, 5.74) is 7.94. The van der Waals surface area contributed by atoms with Crippen molar-refractivity contribution in [2.24, 2.45) is 0 Å². The van der Waals surface area contributed by atoms with Gasteiger partial charge in [-0.2, -0.15) is 0 Å². The lowest BCUT2D eigenvalue weighted by atomic mass is 10.2. The summed E-state index contributed by atoms with van der Waals surface area (Å²) in [7, 11) is 0. The zero-order valence-electron chi connectivity index (χ0n) is 11.4. The molecule has 0 saturated carbocycles. The third kappa shape index (κ3) is 1.86. The van der Waals surface area contributed by atoms with Crippen molar-refractivity contribution < 1.29 is 9.21 Å². The molecule has 0 aliphatic heterocycles. The standard InChI is InChI=1S/C17H11BrN2O2/c18-12-4-2-6-14-11(12)9-15(22-14)17(21)20-8-7-10-3-1-5-13(19)16(10)20/h1-9H,19H2. The van der Waals surface area contributed by atoms with Crippen LogP contribution in [0.3, 0.4) is 0 Å². The number of fused-ring (bicyclic) bond motifs is 2. The molecule has 0 aliphatic carbocycles. The van der Waals surface area contributed by atoms with Crippen molar-refractivity contribution in [1.29, 1.82) is 0 Å². The molecule has 5 heteroatoms. The van der Waals surface area contributed by atoms with Gasteiger partial charge in [-0.15, -0.1) is 0 Å². The first-order chi connectivity index (χ1) is 10.6. The smallest absolute Gasteiger partial charge is 0.298 e. The lowest BCUT2D eigenvalue weighted by Crippen LogP contribution is -2.10. The molecule has 2 aromatic carbocycles. The molecule has 108 valence electrons. The van der Waals surface area contributed by atoms with Gasteiger partial charge in [0.05, 0.1) is 11.2 Å². The SMILES string of the molecule is Nc1cccc2ccn(C(=O)c3cc4c(Br)cccc4o3)c12. The number of nitrogen functional groups attached to an aromatic ring is 1. The van der Waals surface area contributed by atoms with Crippen LogP contribution in [0, 0.1) is 0 Å². The zero-order valence-corrected chi connectivity index (χ0v) is 13.0. The fourth-order valence-corrected chi connectivity index (χ4v) is 3.10. The third-order valence-electron chi connectivity index (χ3n) is 3.68. The van der Waals surface area contributed by atoms with E-state index in [0.717, 1.165) is 15.2 Å². The molecule has 2 aromatic heterocycles. The van der Waals surface area contributed by atoms with Gasteiger partial charge in [-0.3, -0.25) is 9.36 Å². The number of aromatic nitrogens is 1. The molecule has 0 saturated heterocycles. The number of anilines is 1. The van der Waals surface area contributed by atoms with Crippen LogP contribution in [0.15, 0.2) is 63.6 Å². The van der Waals surface area contributed by atoms with E-state index in [4.69, 9.17) is 10.2 Å². The molecule has 22 heavy (non-hydrogen) atoms. The molecule has 4 nitrogen and oxygen atoms in total. The minimum absolute atomic E-state index is 0.240. The van der Waals surface area contributed by atoms with E-state index >= 15 is 0 Å². The summed E-state index contributed by atoms with van der Waals surface area (Å²) >= 11 is 3.46. The van der Waals surface area contributed by atoms with E-state index in [-0.39, 0.29) is 11.7 Å². The second-order valence-electron chi connectivity index (χ2n) is 5.04. The molecule has 0 fully saturated rings. The number of hydrogen-bond acceptors (Lipinski definition) is 3. The average molecular weight is 355 g/mol. The van der Waals surface area contributed by atoms with Crippen LogP contribution in [0.25, 0.3) is 21.9 Å². The van der Waals surface area contributed by atoms with Gasteiger partial charge >= 0.3 is 0 Å². The number of rotatable bonds is 1. The predicted molar refractivity (Wildman–Crippen MR) is 90.0 cm³/mol. The van der Waals surface area contributed by atoms with Gasteiger partial charge in [0.2, 0.25) is 0 Å². The van der Waals surface area contributed by atoms with Gasteiger partial charge in [0.1, 0.15) is 5.58 Å². The summed E-state index contributed by atoms with van der Waals surface area (Å²) in [6, 6.07) is 14.8. The van der Waals surface area contributed by atoms with E-state index in [9.17, 15) is 4.79 Å². The Kier molecular flexibility index (Phi) is 2.84. The highest BCUT2D eigenvalue weighted by molar-refractivity contribution is 9.10. The van der Waals surface area contributed by atoms with Crippen LogP contribution in [0.2, 0.25) is 0 Å². The number of para-hydroxylation sites is 1. The molecular formula is C17H11BrN2O2. The fourth-order valence-electron chi connectivity index (χ4n) is 2.64. The first-order valence-corrected chi connectivity index (χ1v) is 7.53. The Hall–Kier alpha value is -2.53. The maximum absolute atomic E-state index is 12.8. The molecule has 2 N–H and O–H groups in total. The molecule has 0 bridgehead atoms. The molecular weight excluding hydrogens is 344 g/mol. The molecule has 0 aliphatic rings. The highest BCUT2D eigenvalue weighted by Crippen LogP contribution is 2.29. The summed E-state index contributed by atoms with van der Waals surface area (Å²) in [4.78, 5) is 12.8. The van der Waals surface area contributed by atoms with E-state index in [1.165, 1.54) is 4.57 Å². The van der Waals surface area contributed by atoms with Crippen LogP contribution >= 0.6 is 15.9 Å². The van der Waals surface area contributed by atoms with Crippen LogP contribution < -0.4 is 5.73 Å². The monoisotopic (exact) mass is 354 g/mol. The van der Waals surface area contributed by atoms with Crippen molar-refractivity contribution >= 4 is 49.4 Å². The van der Waals surface area contributed by atoms with E-state index in [1.54, 1.807) is 18.3 Å². The summed E-state index contributed by atoms with van der Waals surface area (Å²) in [5, 5.41) is 1.79. The summed E-state index contributed by atoms with van der Waals surface area (Å²) in [6.07, 6.45) is 1.71. The molecule has 0 radical (unpaired) electrons. The minimum atomic E-state index is -0.240. The maximum atomic E-state index is 12.8. The second-order valence-corrected chi connectivity index (χ2v) is 5.89. The highest BCUT2D eigenvalue weighted by atomic mass is 79.9. The Morgan fingerprint density at radius 2 is 1.95 bits per heavy atom. The van der Waals surface area contributed by atoms with E-state index < -0.39 is 0 Å². The number of benzene rings is 2. The molecule has 4 aromatic rings. The van der Waals surface area contributed by atoms with E-state index in [2.05, 4.69) is 15.9 Å². The van der Waals surface area contributed by atoms with Gasteiger partial charge in [-0.25, -0.2) is 0 Å². The summed E-state index contributed by atoms with van der Waals surface area (Å²) in [6.45, 7) is 0. The largest absolute Gasteiger partial charge is 0.451 e. The van der Waals surface area contributed by atoms with Gasteiger partial charge in [-0.05, 0) is 30.3 Å². The Morgan fingerprint density at radius 1 is 1.14 bits per heavy atom. The van der Waals surface area contributed by atoms with Crippen molar-refractivity contribution in [3.8, 4) is 0 Å². The number of nitrogens with zero attached hydrogens (tertiary/aromatic N) is 1. The van der Waals surface area contributed by atoms with Crippen LogP contribution in [-0.2, 0) is 0 Å².